The first-order chi connectivity index (χ1) is 8.76. The van der Waals surface area contributed by atoms with Gasteiger partial charge in [-0.25, -0.2) is 0 Å². The molecule has 1 heterocycles. The van der Waals surface area contributed by atoms with Crippen molar-refractivity contribution in [2.45, 2.75) is 18.1 Å². The molecule has 0 radical (unpaired) electrons. The van der Waals surface area contributed by atoms with Crippen LogP contribution in [0.1, 0.15) is 11.3 Å². The Morgan fingerprint density at radius 2 is 2.11 bits per heavy atom. The second-order valence-electron chi connectivity index (χ2n) is 3.40. The van der Waals surface area contributed by atoms with E-state index in [0.717, 1.165) is 13.2 Å². The number of nitrogens with one attached hydrogen (secondary N) is 1. The van der Waals surface area contributed by atoms with Crippen molar-refractivity contribution in [2.24, 2.45) is 0 Å². The molecule has 1 aromatic rings. The van der Waals surface area contributed by atoms with E-state index in [0.29, 0.717) is 0 Å². The summed E-state index contributed by atoms with van der Waals surface area (Å²) in [6, 6.07) is 0.930. The van der Waals surface area contributed by atoms with Gasteiger partial charge in [-0.3, -0.25) is 9.59 Å². The van der Waals surface area contributed by atoms with Crippen LogP contribution in [0.25, 0.3) is 0 Å². The Kier molecular flexibility index (Phi) is 4.98. The second-order valence-corrected chi connectivity index (χ2v) is 3.96. The lowest BCUT2D eigenvalue weighted by Gasteiger charge is -2.13. The number of pyridine rings is 1. The Morgan fingerprint density at radius 1 is 1.47 bits per heavy atom. The van der Waals surface area contributed by atoms with Crippen LogP contribution in [0.5, 0.6) is 5.75 Å². The maximum absolute atomic E-state index is 12.2. The zero-order valence-electron chi connectivity index (χ0n) is 9.64. The number of H-pyrrole nitrogens is 1. The molecule has 1 N–H and O–H groups in total. The minimum Gasteiger partial charge on any atom is -0.469 e. The average Bonchev–Trinajstić information content (AvgIpc) is 2.30. The van der Waals surface area contributed by atoms with E-state index in [-0.39, 0.29) is 16.6 Å². The average molecular weight is 344 g/mol. The molecule has 0 aliphatic carbocycles. The number of hydrogen-bond donors (Lipinski definition) is 1. The number of aromatic nitrogens is 1. The third-order valence-electron chi connectivity index (χ3n) is 2.08. The molecule has 0 saturated heterocycles. The van der Waals surface area contributed by atoms with Crippen molar-refractivity contribution in [3.05, 3.63) is 27.7 Å². The van der Waals surface area contributed by atoms with Gasteiger partial charge >= 0.3 is 12.3 Å². The number of methoxy groups -OCH3 is 1. The van der Waals surface area contributed by atoms with Crippen LogP contribution in [0, 0.1) is 0 Å². The summed E-state index contributed by atoms with van der Waals surface area (Å²) in [5.41, 5.74) is -0.850. The summed E-state index contributed by atoms with van der Waals surface area (Å²) in [7, 11) is 1.08. The third kappa shape index (κ3) is 4.58. The van der Waals surface area contributed by atoms with Crippen LogP contribution in [0.4, 0.5) is 13.2 Å². The summed E-state index contributed by atoms with van der Waals surface area (Å²) in [5, 5.41) is 0.0506. The molecule has 0 fully saturated rings. The van der Waals surface area contributed by atoms with Gasteiger partial charge in [0, 0.05) is 10.9 Å². The molecule has 9 heteroatoms. The van der Waals surface area contributed by atoms with Crippen LogP contribution in [-0.4, -0.2) is 24.4 Å². The highest BCUT2D eigenvalue weighted by atomic mass is 79.9. The van der Waals surface area contributed by atoms with E-state index >= 15 is 0 Å². The summed E-state index contributed by atoms with van der Waals surface area (Å²) >= 11 is 2.96. The van der Waals surface area contributed by atoms with Crippen LogP contribution in [0.2, 0.25) is 0 Å². The lowest BCUT2D eigenvalue weighted by molar-refractivity contribution is -0.275. The largest absolute Gasteiger partial charge is 0.573 e. The van der Waals surface area contributed by atoms with Crippen molar-refractivity contribution < 1.29 is 27.4 Å². The van der Waals surface area contributed by atoms with E-state index in [1.54, 1.807) is 0 Å². The number of hydrogen-bond acceptors (Lipinski definition) is 4. The van der Waals surface area contributed by atoms with Crippen molar-refractivity contribution in [3.8, 4) is 5.75 Å². The Morgan fingerprint density at radius 3 is 2.58 bits per heavy atom. The van der Waals surface area contributed by atoms with Crippen molar-refractivity contribution in [3.63, 3.8) is 0 Å². The number of aromatic amines is 1. The van der Waals surface area contributed by atoms with Gasteiger partial charge in [-0.2, -0.15) is 0 Å². The van der Waals surface area contributed by atoms with Gasteiger partial charge in [0.2, 0.25) is 0 Å². The van der Waals surface area contributed by atoms with E-state index < -0.39 is 30.1 Å². The first kappa shape index (κ1) is 15.5. The molecule has 0 spiro atoms. The normalized spacial score (nSPS) is 11.2. The molecule has 0 bridgehead atoms. The molecule has 19 heavy (non-hydrogen) atoms. The number of carbonyl (C=O) groups is 1. The van der Waals surface area contributed by atoms with Gasteiger partial charge in [-0.05, 0) is 6.07 Å². The Balaban J connectivity index is 3.22. The molecule has 0 saturated carbocycles. The fourth-order valence-corrected chi connectivity index (χ4v) is 1.67. The second kappa shape index (κ2) is 6.09. The molecule has 1 aromatic heterocycles. The summed E-state index contributed by atoms with van der Waals surface area (Å²) in [6.45, 7) is 0. The minimum absolute atomic E-state index is 0.0489. The van der Waals surface area contributed by atoms with Crippen LogP contribution < -0.4 is 10.3 Å². The van der Waals surface area contributed by atoms with Gasteiger partial charge in [0.25, 0.3) is 5.56 Å². The van der Waals surface area contributed by atoms with E-state index in [1.807, 2.05) is 0 Å². The van der Waals surface area contributed by atoms with Gasteiger partial charge < -0.3 is 14.5 Å². The number of rotatable bonds is 4. The highest BCUT2D eigenvalue weighted by Crippen LogP contribution is 2.26. The number of ether oxygens (including phenoxy) is 2. The summed E-state index contributed by atoms with van der Waals surface area (Å²) in [6.07, 6.45) is -5.45. The van der Waals surface area contributed by atoms with Gasteiger partial charge in [0.1, 0.15) is 5.75 Å². The molecular formula is C10H9BrF3NO4. The Hall–Kier alpha value is -1.51. The van der Waals surface area contributed by atoms with Gasteiger partial charge in [0.15, 0.2) is 0 Å². The maximum Gasteiger partial charge on any atom is 0.573 e. The quantitative estimate of drug-likeness (QED) is 0.669. The topological polar surface area (TPSA) is 68.4 Å². The van der Waals surface area contributed by atoms with E-state index in [1.165, 1.54) is 0 Å². The van der Waals surface area contributed by atoms with Crippen LogP contribution in [0.3, 0.4) is 0 Å². The van der Waals surface area contributed by atoms with Crippen molar-refractivity contribution >= 4 is 21.9 Å². The predicted molar refractivity (Wildman–Crippen MR) is 62.1 cm³/mol. The third-order valence-corrected chi connectivity index (χ3v) is 2.68. The van der Waals surface area contributed by atoms with Crippen molar-refractivity contribution in [1.29, 1.82) is 0 Å². The molecule has 1 rings (SSSR count). The standard InChI is InChI=1S/C10H9BrF3NO4/c1-18-8(16)3-6-7(19-10(12,13)14)2-5(4-11)9(17)15-6/h2H,3-4H2,1H3,(H,15,17). The summed E-state index contributed by atoms with van der Waals surface area (Å²) in [5.74, 6) is -1.43. The Bertz CT molecular complexity index is 526. The Labute approximate surface area is 113 Å². The number of esters is 1. The smallest absolute Gasteiger partial charge is 0.469 e. The SMILES string of the molecule is COC(=O)Cc1[nH]c(=O)c(CBr)cc1OC(F)(F)F. The maximum atomic E-state index is 12.2. The monoisotopic (exact) mass is 343 g/mol. The predicted octanol–water partition coefficient (Wildman–Crippen LogP) is 1.88. The zero-order valence-corrected chi connectivity index (χ0v) is 11.2. The minimum atomic E-state index is -4.92. The first-order valence-corrected chi connectivity index (χ1v) is 6.02. The zero-order chi connectivity index (χ0) is 14.6. The molecule has 0 aliphatic heterocycles. The number of alkyl halides is 4. The lowest BCUT2D eigenvalue weighted by Crippen LogP contribution is -2.23. The molecule has 0 unspecified atom stereocenters. The van der Waals surface area contributed by atoms with Crippen molar-refractivity contribution in [1.82, 2.24) is 4.98 Å². The molecule has 0 aromatic carbocycles. The van der Waals surface area contributed by atoms with Gasteiger partial charge in [-0.15, -0.1) is 13.2 Å². The van der Waals surface area contributed by atoms with E-state index in [4.69, 9.17) is 0 Å². The van der Waals surface area contributed by atoms with E-state index in [2.05, 4.69) is 30.4 Å². The van der Waals surface area contributed by atoms with Gasteiger partial charge in [0.05, 0.1) is 19.2 Å². The molecule has 0 amide bonds. The summed E-state index contributed by atoms with van der Waals surface area (Å²) in [4.78, 5) is 24.7. The molecular weight excluding hydrogens is 335 g/mol. The molecule has 0 aliphatic rings. The molecule has 106 valence electrons. The number of carbonyl (C=O) groups excluding carboxylic acids is 1. The highest BCUT2D eigenvalue weighted by Gasteiger charge is 2.33. The van der Waals surface area contributed by atoms with E-state index in [9.17, 15) is 22.8 Å². The van der Waals surface area contributed by atoms with Gasteiger partial charge in [-0.1, -0.05) is 15.9 Å². The fraction of sp³-hybridized carbons (Fsp3) is 0.400. The van der Waals surface area contributed by atoms with Crippen LogP contribution in [-0.2, 0) is 21.3 Å². The molecule has 0 atom stereocenters. The number of halogens is 4. The highest BCUT2D eigenvalue weighted by molar-refractivity contribution is 9.08. The lowest BCUT2D eigenvalue weighted by atomic mass is 10.2. The summed E-state index contributed by atoms with van der Waals surface area (Å²) < 4.78 is 44.8. The van der Waals surface area contributed by atoms with Crippen molar-refractivity contribution in [2.75, 3.05) is 7.11 Å². The first-order valence-electron chi connectivity index (χ1n) is 4.90. The fourth-order valence-electron chi connectivity index (χ4n) is 1.25. The molecule has 5 nitrogen and oxygen atoms in total. The van der Waals surface area contributed by atoms with Crippen LogP contribution >= 0.6 is 15.9 Å². The van der Waals surface area contributed by atoms with Crippen LogP contribution in [0.15, 0.2) is 10.9 Å².